The molecule has 0 aliphatic carbocycles. The molecule has 0 spiro atoms. The maximum absolute atomic E-state index is 11.2. The maximum Gasteiger partial charge on any atom is 0.330 e. The van der Waals surface area contributed by atoms with E-state index in [0.717, 1.165) is 11.3 Å². The molecule has 0 unspecified atom stereocenters. The van der Waals surface area contributed by atoms with Gasteiger partial charge in [0.05, 0.1) is 7.11 Å². The highest BCUT2D eigenvalue weighted by molar-refractivity contribution is 5.81. The molecular formula is C14H14N2O4. The minimum absolute atomic E-state index is 0.0493. The van der Waals surface area contributed by atoms with Crippen LogP contribution in [0.5, 0.6) is 5.75 Å². The Morgan fingerprint density at radius 3 is 2.75 bits per heavy atom. The zero-order valence-electron chi connectivity index (χ0n) is 11.2. The number of allylic oxidation sites excluding steroid dienone is 1. The quantitative estimate of drug-likeness (QED) is 0.615. The number of aromatic nitrogens is 2. The van der Waals surface area contributed by atoms with Crippen molar-refractivity contribution in [1.29, 1.82) is 0 Å². The normalized spacial score (nSPS) is 10.7. The number of esters is 1. The van der Waals surface area contributed by atoms with Gasteiger partial charge < -0.3 is 14.0 Å². The van der Waals surface area contributed by atoms with E-state index in [-0.39, 0.29) is 12.5 Å². The van der Waals surface area contributed by atoms with Crippen LogP contribution in [-0.2, 0) is 16.1 Å². The summed E-state index contributed by atoms with van der Waals surface area (Å²) in [7, 11) is 1.60. The average Bonchev–Trinajstić information content (AvgIpc) is 2.94. The van der Waals surface area contributed by atoms with E-state index in [0.29, 0.717) is 5.82 Å². The van der Waals surface area contributed by atoms with Crippen LogP contribution in [0.25, 0.3) is 11.4 Å². The predicted octanol–water partition coefficient (Wildman–Crippen LogP) is 2.36. The number of benzene rings is 1. The highest BCUT2D eigenvalue weighted by Crippen LogP contribution is 2.19. The van der Waals surface area contributed by atoms with Crippen LogP contribution in [0.1, 0.15) is 12.8 Å². The fourth-order valence-electron chi connectivity index (χ4n) is 1.49. The minimum Gasteiger partial charge on any atom is -0.497 e. The van der Waals surface area contributed by atoms with Crippen molar-refractivity contribution in [3.8, 4) is 17.1 Å². The highest BCUT2D eigenvalue weighted by atomic mass is 16.6. The lowest BCUT2D eigenvalue weighted by atomic mass is 10.2. The summed E-state index contributed by atoms with van der Waals surface area (Å²) in [6, 6.07) is 7.24. The van der Waals surface area contributed by atoms with Crippen molar-refractivity contribution in [3.63, 3.8) is 0 Å². The number of ether oxygens (including phenoxy) is 2. The van der Waals surface area contributed by atoms with E-state index in [1.54, 1.807) is 32.2 Å². The molecule has 0 atom stereocenters. The summed E-state index contributed by atoms with van der Waals surface area (Å²) in [5, 5.41) is 3.83. The van der Waals surface area contributed by atoms with E-state index in [4.69, 9.17) is 14.0 Å². The van der Waals surface area contributed by atoms with Crippen molar-refractivity contribution in [2.24, 2.45) is 0 Å². The highest BCUT2D eigenvalue weighted by Gasteiger charge is 2.10. The van der Waals surface area contributed by atoms with E-state index in [1.165, 1.54) is 6.08 Å². The van der Waals surface area contributed by atoms with Gasteiger partial charge in [0.15, 0.2) is 6.61 Å². The number of carbonyl (C=O) groups is 1. The van der Waals surface area contributed by atoms with Gasteiger partial charge >= 0.3 is 5.97 Å². The molecule has 2 rings (SSSR count). The average molecular weight is 274 g/mol. The van der Waals surface area contributed by atoms with Crippen LogP contribution >= 0.6 is 0 Å². The molecule has 0 fully saturated rings. The molecule has 104 valence electrons. The second-order valence-corrected chi connectivity index (χ2v) is 3.85. The zero-order chi connectivity index (χ0) is 14.4. The lowest BCUT2D eigenvalue weighted by Gasteiger charge is -1.99. The molecule has 0 aliphatic heterocycles. The van der Waals surface area contributed by atoms with Gasteiger partial charge in [-0.25, -0.2) is 4.79 Å². The second-order valence-electron chi connectivity index (χ2n) is 3.85. The molecule has 0 bridgehead atoms. The molecule has 6 heteroatoms. The van der Waals surface area contributed by atoms with E-state index in [2.05, 4.69) is 10.1 Å². The Balaban J connectivity index is 2.02. The van der Waals surface area contributed by atoms with Crippen molar-refractivity contribution in [3.05, 3.63) is 42.3 Å². The van der Waals surface area contributed by atoms with E-state index >= 15 is 0 Å². The fraction of sp³-hybridized carbons (Fsp3) is 0.214. The molecule has 2 aromatic rings. The van der Waals surface area contributed by atoms with E-state index in [1.807, 2.05) is 12.1 Å². The van der Waals surface area contributed by atoms with Gasteiger partial charge in [-0.2, -0.15) is 4.98 Å². The molecule has 1 aromatic heterocycles. The smallest absolute Gasteiger partial charge is 0.330 e. The summed E-state index contributed by atoms with van der Waals surface area (Å²) >= 11 is 0. The monoisotopic (exact) mass is 274 g/mol. The van der Waals surface area contributed by atoms with Gasteiger partial charge in [-0.05, 0) is 31.2 Å². The Morgan fingerprint density at radius 1 is 1.35 bits per heavy atom. The van der Waals surface area contributed by atoms with Crippen molar-refractivity contribution in [1.82, 2.24) is 10.1 Å². The summed E-state index contributed by atoms with van der Waals surface area (Å²) in [5.74, 6) is 0.979. The first-order chi connectivity index (χ1) is 9.72. The van der Waals surface area contributed by atoms with Gasteiger partial charge in [0, 0.05) is 11.6 Å². The van der Waals surface area contributed by atoms with Crippen LogP contribution in [-0.4, -0.2) is 23.2 Å². The Hall–Kier alpha value is -2.63. The summed E-state index contributed by atoms with van der Waals surface area (Å²) in [6.07, 6.45) is 2.92. The van der Waals surface area contributed by atoms with Crippen molar-refractivity contribution in [2.75, 3.05) is 7.11 Å². The first-order valence-corrected chi connectivity index (χ1v) is 5.99. The molecule has 0 saturated carbocycles. The Bertz CT molecular complexity index is 602. The molecule has 1 heterocycles. The van der Waals surface area contributed by atoms with Gasteiger partial charge in [-0.15, -0.1) is 0 Å². The largest absolute Gasteiger partial charge is 0.497 e. The van der Waals surface area contributed by atoms with Gasteiger partial charge in [0.25, 0.3) is 5.89 Å². The number of hydrogen-bond donors (Lipinski definition) is 0. The first-order valence-electron chi connectivity index (χ1n) is 5.99. The number of nitrogens with zero attached hydrogens (tertiary/aromatic N) is 2. The van der Waals surface area contributed by atoms with Gasteiger partial charge in [-0.3, -0.25) is 0 Å². The van der Waals surface area contributed by atoms with Crippen LogP contribution < -0.4 is 4.74 Å². The molecule has 0 aliphatic rings. The third-order valence-corrected chi connectivity index (χ3v) is 2.46. The summed E-state index contributed by atoms with van der Waals surface area (Å²) < 4.78 is 15.0. The Labute approximate surface area is 116 Å². The van der Waals surface area contributed by atoms with Crippen LogP contribution in [0.4, 0.5) is 0 Å². The predicted molar refractivity (Wildman–Crippen MR) is 70.9 cm³/mol. The SMILES string of the molecule is CC=CC(=O)OCc1nc(-c2ccc(OC)cc2)no1. The second kappa shape index (κ2) is 6.51. The third-order valence-electron chi connectivity index (χ3n) is 2.46. The van der Waals surface area contributed by atoms with Crippen LogP contribution in [0.2, 0.25) is 0 Å². The van der Waals surface area contributed by atoms with E-state index < -0.39 is 5.97 Å². The van der Waals surface area contributed by atoms with Gasteiger partial charge in [-0.1, -0.05) is 11.2 Å². The lowest BCUT2D eigenvalue weighted by molar-refractivity contribution is -0.139. The molecule has 1 aromatic carbocycles. The van der Waals surface area contributed by atoms with Crippen LogP contribution in [0.15, 0.2) is 40.9 Å². The van der Waals surface area contributed by atoms with Crippen LogP contribution in [0, 0.1) is 0 Å². The van der Waals surface area contributed by atoms with Gasteiger partial charge in [0.2, 0.25) is 5.82 Å². The molecule has 0 radical (unpaired) electrons. The molecule has 0 saturated heterocycles. The fourth-order valence-corrected chi connectivity index (χ4v) is 1.49. The molecule has 0 amide bonds. The first kappa shape index (κ1) is 13.8. The Morgan fingerprint density at radius 2 is 2.10 bits per heavy atom. The molecule has 6 nitrogen and oxygen atoms in total. The molecule has 20 heavy (non-hydrogen) atoms. The molecular weight excluding hydrogens is 260 g/mol. The number of methoxy groups -OCH3 is 1. The standard InChI is InChI=1S/C14H14N2O4/c1-3-4-13(17)19-9-12-15-14(16-20-12)10-5-7-11(18-2)8-6-10/h3-8H,9H2,1-2H3. The minimum atomic E-state index is -0.448. The zero-order valence-corrected chi connectivity index (χ0v) is 11.2. The summed E-state index contributed by atoms with van der Waals surface area (Å²) in [4.78, 5) is 15.3. The third kappa shape index (κ3) is 3.44. The summed E-state index contributed by atoms with van der Waals surface area (Å²) in [6.45, 7) is 1.68. The maximum atomic E-state index is 11.2. The topological polar surface area (TPSA) is 74.5 Å². The lowest BCUT2D eigenvalue weighted by Crippen LogP contribution is -2.00. The van der Waals surface area contributed by atoms with Crippen molar-refractivity contribution >= 4 is 5.97 Å². The summed E-state index contributed by atoms with van der Waals surface area (Å²) in [5.41, 5.74) is 0.792. The number of carbonyl (C=O) groups excluding carboxylic acids is 1. The molecule has 0 N–H and O–H groups in total. The Kier molecular flexibility index (Phi) is 4.49. The van der Waals surface area contributed by atoms with Crippen molar-refractivity contribution < 1.29 is 18.8 Å². The number of hydrogen-bond acceptors (Lipinski definition) is 6. The number of rotatable bonds is 5. The van der Waals surface area contributed by atoms with Crippen LogP contribution in [0.3, 0.4) is 0 Å². The van der Waals surface area contributed by atoms with Crippen molar-refractivity contribution in [2.45, 2.75) is 13.5 Å². The van der Waals surface area contributed by atoms with Gasteiger partial charge in [0.1, 0.15) is 5.75 Å². The van der Waals surface area contributed by atoms with E-state index in [9.17, 15) is 4.79 Å².